The molecule has 0 saturated heterocycles. The van der Waals surface area contributed by atoms with Crippen LogP contribution in [0, 0.1) is 0 Å². The first kappa shape index (κ1) is 18.5. The maximum Gasteiger partial charge on any atom is 0.137 e. The van der Waals surface area contributed by atoms with Gasteiger partial charge in [-0.25, -0.2) is 4.98 Å². The van der Waals surface area contributed by atoms with E-state index in [2.05, 4.69) is 102 Å². The number of aromatic nitrogens is 3. The molecular weight excluding hydrogens is 402 g/mol. The fourth-order valence-electron chi connectivity index (χ4n) is 5.64. The first-order valence-electron chi connectivity index (χ1n) is 11.4. The van der Waals surface area contributed by atoms with Crippen molar-refractivity contribution in [2.45, 2.75) is 19.3 Å². The number of hydrogen-bond donors (Lipinski definition) is 0. The summed E-state index contributed by atoms with van der Waals surface area (Å²) in [5.74, 6) is 0. The first-order valence-corrected chi connectivity index (χ1v) is 11.4. The fourth-order valence-corrected chi connectivity index (χ4v) is 5.64. The zero-order chi connectivity index (χ0) is 22.2. The highest BCUT2D eigenvalue weighted by molar-refractivity contribution is 5.99. The molecule has 0 N–H and O–H groups in total. The highest BCUT2D eigenvalue weighted by Gasteiger charge is 2.40. The summed E-state index contributed by atoms with van der Waals surface area (Å²) in [6.07, 6.45) is 4.14. The van der Waals surface area contributed by atoms with Crippen molar-refractivity contribution >= 4 is 16.6 Å². The molecule has 0 amide bonds. The van der Waals surface area contributed by atoms with Gasteiger partial charge in [0.05, 0.1) is 16.9 Å². The predicted molar refractivity (Wildman–Crippen MR) is 135 cm³/mol. The average Bonchev–Trinajstić information content (AvgIpc) is 3.49. The third kappa shape index (κ3) is 2.48. The molecule has 3 aromatic carbocycles. The molecule has 3 heterocycles. The van der Waals surface area contributed by atoms with Crippen LogP contribution in [-0.2, 0) is 5.41 Å². The lowest BCUT2D eigenvalue weighted by atomic mass is 9.81. The molecule has 7 rings (SSSR count). The van der Waals surface area contributed by atoms with Crippen LogP contribution >= 0.6 is 0 Å². The van der Waals surface area contributed by atoms with Gasteiger partial charge in [0.2, 0.25) is 0 Å². The molecule has 0 saturated carbocycles. The number of fused-ring (bicyclic) bond motifs is 6. The van der Waals surface area contributed by atoms with Crippen LogP contribution in [0.25, 0.3) is 44.8 Å². The van der Waals surface area contributed by atoms with E-state index in [-0.39, 0.29) is 5.41 Å². The predicted octanol–water partition coefficient (Wildman–Crippen LogP) is 7.25. The normalized spacial score (nSPS) is 14.0. The van der Waals surface area contributed by atoms with Crippen molar-refractivity contribution in [3.05, 3.63) is 115 Å². The standard InChI is InChI=1S/C30H23N3/c1-30(2)24-14-5-3-12-22(24)29-28(30)23-13-4-6-15-26(23)33(29)21-11-9-10-20(18-21)25-19-32-17-8-7-16-27(32)31-25/h3-19H,1-2H3. The third-order valence-electron chi connectivity index (χ3n) is 7.12. The lowest BCUT2D eigenvalue weighted by molar-refractivity contribution is 0.666. The van der Waals surface area contributed by atoms with Gasteiger partial charge in [0.25, 0.3) is 0 Å². The second-order valence-electron chi connectivity index (χ2n) is 9.39. The molecule has 3 heteroatoms. The van der Waals surface area contributed by atoms with Crippen molar-refractivity contribution in [2.24, 2.45) is 0 Å². The summed E-state index contributed by atoms with van der Waals surface area (Å²) >= 11 is 0. The van der Waals surface area contributed by atoms with Gasteiger partial charge >= 0.3 is 0 Å². The highest BCUT2D eigenvalue weighted by Crippen LogP contribution is 2.53. The molecule has 158 valence electrons. The van der Waals surface area contributed by atoms with Crippen LogP contribution in [0.4, 0.5) is 0 Å². The summed E-state index contributed by atoms with van der Waals surface area (Å²) in [7, 11) is 0. The zero-order valence-electron chi connectivity index (χ0n) is 18.7. The second-order valence-corrected chi connectivity index (χ2v) is 9.39. The van der Waals surface area contributed by atoms with Gasteiger partial charge in [-0.3, -0.25) is 0 Å². The summed E-state index contributed by atoms with van der Waals surface area (Å²) < 4.78 is 4.51. The minimum absolute atomic E-state index is 0.0456. The van der Waals surface area contributed by atoms with Gasteiger partial charge in [0, 0.05) is 40.0 Å². The molecule has 1 aliphatic carbocycles. The number of hydrogen-bond acceptors (Lipinski definition) is 1. The van der Waals surface area contributed by atoms with Gasteiger partial charge in [0.15, 0.2) is 0 Å². The molecule has 3 aromatic heterocycles. The van der Waals surface area contributed by atoms with E-state index >= 15 is 0 Å². The average molecular weight is 426 g/mol. The van der Waals surface area contributed by atoms with Crippen molar-refractivity contribution in [3.8, 4) is 28.2 Å². The van der Waals surface area contributed by atoms with E-state index in [0.717, 1.165) is 22.6 Å². The Balaban J connectivity index is 1.52. The minimum atomic E-state index is -0.0456. The number of pyridine rings is 1. The van der Waals surface area contributed by atoms with E-state index < -0.39 is 0 Å². The summed E-state index contributed by atoms with van der Waals surface area (Å²) in [5, 5.41) is 1.33. The van der Waals surface area contributed by atoms with Crippen LogP contribution in [0.5, 0.6) is 0 Å². The van der Waals surface area contributed by atoms with E-state index in [4.69, 9.17) is 4.98 Å². The van der Waals surface area contributed by atoms with Gasteiger partial charge in [-0.15, -0.1) is 0 Å². The monoisotopic (exact) mass is 425 g/mol. The van der Waals surface area contributed by atoms with Crippen LogP contribution in [0.15, 0.2) is 103 Å². The number of nitrogens with zero attached hydrogens (tertiary/aromatic N) is 3. The second kappa shape index (κ2) is 6.46. The lowest BCUT2D eigenvalue weighted by Gasteiger charge is -2.21. The zero-order valence-corrected chi connectivity index (χ0v) is 18.7. The SMILES string of the molecule is CC1(C)c2ccccc2-c2c1c1ccccc1n2-c1cccc(-c2cn3ccccc3n2)c1. The van der Waals surface area contributed by atoms with Gasteiger partial charge < -0.3 is 8.97 Å². The Bertz CT molecular complexity index is 1660. The van der Waals surface area contributed by atoms with E-state index in [1.807, 2.05) is 24.4 Å². The van der Waals surface area contributed by atoms with E-state index in [1.54, 1.807) is 0 Å². The van der Waals surface area contributed by atoms with Crippen molar-refractivity contribution in [2.75, 3.05) is 0 Å². The third-order valence-corrected chi connectivity index (χ3v) is 7.12. The van der Waals surface area contributed by atoms with Crippen LogP contribution < -0.4 is 0 Å². The summed E-state index contributed by atoms with van der Waals surface area (Å²) in [6.45, 7) is 4.70. The Labute approximate surface area is 192 Å². The van der Waals surface area contributed by atoms with Crippen molar-refractivity contribution in [1.82, 2.24) is 14.0 Å². The van der Waals surface area contributed by atoms with E-state index in [9.17, 15) is 0 Å². The van der Waals surface area contributed by atoms with Gasteiger partial charge in [0.1, 0.15) is 5.65 Å². The Morgan fingerprint density at radius 1 is 0.788 bits per heavy atom. The number of benzene rings is 3. The van der Waals surface area contributed by atoms with E-state index in [1.165, 1.54) is 33.3 Å². The molecule has 0 bridgehead atoms. The highest BCUT2D eigenvalue weighted by atomic mass is 15.0. The quantitative estimate of drug-likeness (QED) is 0.286. The smallest absolute Gasteiger partial charge is 0.137 e. The molecule has 0 spiro atoms. The maximum atomic E-state index is 4.85. The molecule has 0 aliphatic heterocycles. The lowest BCUT2D eigenvalue weighted by Crippen LogP contribution is -2.14. The molecule has 33 heavy (non-hydrogen) atoms. The van der Waals surface area contributed by atoms with Crippen LogP contribution in [-0.4, -0.2) is 14.0 Å². The maximum absolute atomic E-state index is 4.85. The number of rotatable bonds is 2. The summed E-state index contributed by atoms with van der Waals surface area (Å²) in [5.41, 5.74) is 10.9. The molecule has 0 fully saturated rings. The van der Waals surface area contributed by atoms with Gasteiger partial charge in [-0.05, 0) is 41.5 Å². The van der Waals surface area contributed by atoms with E-state index in [0.29, 0.717) is 0 Å². The Morgan fingerprint density at radius 2 is 1.61 bits per heavy atom. The fraction of sp³-hybridized carbons (Fsp3) is 0.100. The van der Waals surface area contributed by atoms with Crippen LogP contribution in [0.2, 0.25) is 0 Å². The van der Waals surface area contributed by atoms with Crippen LogP contribution in [0.3, 0.4) is 0 Å². The molecular formula is C30H23N3. The number of imidazole rings is 1. The minimum Gasteiger partial charge on any atom is -0.309 e. The molecule has 6 aromatic rings. The van der Waals surface area contributed by atoms with Crippen molar-refractivity contribution < 1.29 is 0 Å². The largest absolute Gasteiger partial charge is 0.309 e. The topological polar surface area (TPSA) is 22.2 Å². The summed E-state index contributed by atoms with van der Waals surface area (Å²) in [6, 6.07) is 32.5. The molecule has 0 unspecified atom stereocenters. The van der Waals surface area contributed by atoms with Gasteiger partial charge in [-0.1, -0.05) is 74.5 Å². The van der Waals surface area contributed by atoms with Crippen molar-refractivity contribution in [3.63, 3.8) is 0 Å². The Morgan fingerprint density at radius 3 is 2.52 bits per heavy atom. The Hall–Kier alpha value is -4.11. The first-order chi connectivity index (χ1) is 16.1. The molecule has 0 radical (unpaired) electrons. The van der Waals surface area contributed by atoms with Crippen molar-refractivity contribution in [1.29, 1.82) is 0 Å². The van der Waals surface area contributed by atoms with Crippen LogP contribution in [0.1, 0.15) is 25.0 Å². The molecule has 3 nitrogen and oxygen atoms in total. The summed E-state index contributed by atoms with van der Waals surface area (Å²) in [4.78, 5) is 4.85. The Kier molecular flexibility index (Phi) is 3.61. The molecule has 1 aliphatic rings. The molecule has 0 atom stereocenters. The number of para-hydroxylation sites is 1. The van der Waals surface area contributed by atoms with Gasteiger partial charge in [-0.2, -0.15) is 0 Å².